The smallest absolute Gasteiger partial charge is 0.230 e. The zero-order chi connectivity index (χ0) is 19.1. The number of rotatable bonds is 8. The maximum Gasteiger partial charge on any atom is 0.230 e. The Morgan fingerprint density at radius 3 is 2.74 bits per heavy atom. The number of amides is 1. The SMILES string of the molecule is Cc1ccccc1-n1nc(SCC(=O)NCCOc2ccccc2)sc1=S. The van der Waals surface area contributed by atoms with Gasteiger partial charge in [0.05, 0.1) is 18.0 Å². The highest BCUT2D eigenvalue weighted by atomic mass is 32.2. The van der Waals surface area contributed by atoms with Gasteiger partial charge in [-0.1, -0.05) is 59.5 Å². The van der Waals surface area contributed by atoms with Crippen LogP contribution in [0.15, 0.2) is 58.9 Å². The Labute approximate surface area is 171 Å². The topological polar surface area (TPSA) is 56.2 Å². The van der Waals surface area contributed by atoms with Crippen molar-refractivity contribution >= 4 is 41.2 Å². The van der Waals surface area contributed by atoms with Gasteiger partial charge in [-0.2, -0.15) is 0 Å². The van der Waals surface area contributed by atoms with Gasteiger partial charge in [-0.25, -0.2) is 4.68 Å². The second kappa shape index (κ2) is 9.68. The Bertz CT molecular complexity index is 954. The summed E-state index contributed by atoms with van der Waals surface area (Å²) in [5, 5.41) is 7.38. The van der Waals surface area contributed by atoms with E-state index >= 15 is 0 Å². The van der Waals surface area contributed by atoms with Crippen molar-refractivity contribution in [1.82, 2.24) is 15.1 Å². The molecule has 0 aliphatic heterocycles. The first kappa shape index (κ1) is 19.6. The van der Waals surface area contributed by atoms with Crippen LogP contribution >= 0.6 is 35.3 Å². The molecule has 1 heterocycles. The molecule has 0 spiro atoms. The first-order valence-corrected chi connectivity index (χ1v) is 10.6. The number of ether oxygens (including phenoxy) is 1. The fourth-order valence-electron chi connectivity index (χ4n) is 2.33. The Morgan fingerprint density at radius 1 is 1.22 bits per heavy atom. The molecule has 3 aromatic rings. The summed E-state index contributed by atoms with van der Waals surface area (Å²) in [5.74, 6) is 1.03. The number of benzene rings is 2. The fraction of sp³-hybridized carbons (Fsp3) is 0.211. The largest absolute Gasteiger partial charge is 0.492 e. The standard InChI is InChI=1S/C19H19N3O2S3/c1-14-7-5-6-10-16(14)22-19(25)27-18(21-22)26-13-17(23)20-11-12-24-15-8-3-2-4-9-15/h2-10H,11-13H2,1H3,(H,20,23). The Hall–Kier alpha value is -2.16. The summed E-state index contributed by atoms with van der Waals surface area (Å²) in [4.78, 5) is 12.0. The predicted octanol–water partition coefficient (Wildman–Crippen LogP) is 4.26. The highest BCUT2D eigenvalue weighted by Gasteiger charge is 2.10. The number of thioether (sulfide) groups is 1. The molecular formula is C19H19N3O2S3. The molecule has 0 atom stereocenters. The normalized spacial score (nSPS) is 10.6. The number of aryl methyl sites for hydroxylation is 1. The number of carbonyl (C=O) groups excluding carboxylic acids is 1. The molecule has 0 saturated carbocycles. The van der Waals surface area contributed by atoms with Gasteiger partial charge in [0.2, 0.25) is 5.91 Å². The van der Waals surface area contributed by atoms with E-state index < -0.39 is 0 Å². The summed E-state index contributed by atoms with van der Waals surface area (Å²) in [7, 11) is 0. The molecule has 1 amide bonds. The van der Waals surface area contributed by atoms with Gasteiger partial charge in [0, 0.05) is 0 Å². The van der Waals surface area contributed by atoms with Crippen molar-refractivity contribution in [1.29, 1.82) is 0 Å². The van der Waals surface area contributed by atoms with Gasteiger partial charge in [0.1, 0.15) is 12.4 Å². The minimum absolute atomic E-state index is 0.0554. The molecule has 3 rings (SSSR count). The number of nitrogens with zero attached hydrogens (tertiary/aromatic N) is 2. The van der Waals surface area contributed by atoms with Crippen LogP contribution in [-0.2, 0) is 4.79 Å². The molecule has 5 nitrogen and oxygen atoms in total. The van der Waals surface area contributed by atoms with Crippen molar-refractivity contribution in [3.63, 3.8) is 0 Å². The fourth-order valence-corrected chi connectivity index (χ4v) is 4.50. The highest BCUT2D eigenvalue weighted by Crippen LogP contribution is 2.24. The van der Waals surface area contributed by atoms with Gasteiger partial charge >= 0.3 is 0 Å². The van der Waals surface area contributed by atoms with Crippen molar-refractivity contribution in [3.05, 3.63) is 64.1 Å². The van der Waals surface area contributed by atoms with Crippen LogP contribution in [0.2, 0.25) is 0 Å². The molecule has 0 fully saturated rings. The first-order valence-electron chi connectivity index (χ1n) is 8.37. The van der Waals surface area contributed by atoms with Crippen LogP contribution in [0, 0.1) is 10.9 Å². The lowest BCUT2D eigenvalue weighted by Crippen LogP contribution is -2.29. The average molecular weight is 418 g/mol. The molecule has 1 aromatic heterocycles. The molecule has 140 valence electrons. The zero-order valence-corrected chi connectivity index (χ0v) is 17.2. The minimum atomic E-state index is -0.0554. The van der Waals surface area contributed by atoms with Crippen molar-refractivity contribution in [2.75, 3.05) is 18.9 Å². The van der Waals surface area contributed by atoms with Crippen LogP contribution in [-0.4, -0.2) is 34.6 Å². The quantitative estimate of drug-likeness (QED) is 0.337. The number of hydrogen-bond donors (Lipinski definition) is 1. The molecule has 0 aliphatic rings. The molecule has 0 unspecified atom stereocenters. The third-order valence-corrected chi connectivity index (χ3v) is 6.00. The first-order chi connectivity index (χ1) is 13.1. The molecule has 0 aliphatic carbocycles. The Morgan fingerprint density at radius 2 is 1.96 bits per heavy atom. The van der Waals surface area contributed by atoms with Crippen LogP contribution in [0.5, 0.6) is 5.75 Å². The Kier molecular flexibility index (Phi) is 7.03. The summed E-state index contributed by atoms with van der Waals surface area (Å²) >= 11 is 8.21. The second-order valence-corrected chi connectivity index (χ2v) is 8.48. The van der Waals surface area contributed by atoms with E-state index in [1.807, 2.05) is 61.5 Å². The van der Waals surface area contributed by atoms with Crippen LogP contribution in [0.3, 0.4) is 0 Å². The van der Waals surface area contributed by atoms with E-state index in [0.29, 0.717) is 22.9 Å². The number of nitrogens with one attached hydrogen (secondary N) is 1. The molecule has 27 heavy (non-hydrogen) atoms. The van der Waals surface area contributed by atoms with E-state index in [0.717, 1.165) is 21.3 Å². The Balaban J connectivity index is 1.46. The minimum Gasteiger partial charge on any atom is -0.492 e. The van der Waals surface area contributed by atoms with Gasteiger partial charge < -0.3 is 10.1 Å². The maximum atomic E-state index is 12.0. The van der Waals surface area contributed by atoms with Crippen LogP contribution in [0.25, 0.3) is 5.69 Å². The highest BCUT2D eigenvalue weighted by molar-refractivity contribution is 8.01. The monoisotopic (exact) mass is 417 g/mol. The van der Waals surface area contributed by atoms with Gasteiger partial charge in [0.25, 0.3) is 0 Å². The molecule has 0 bridgehead atoms. The van der Waals surface area contributed by atoms with Gasteiger partial charge in [-0.3, -0.25) is 4.79 Å². The molecule has 0 saturated heterocycles. The summed E-state index contributed by atoms with van der Waals surface area (Å²) in [6.45, 7) is 2.91. The van der Waals surface area contributed by atoms with E-state index in [4.69, 9.17) is 17.0 Å². The summed E-state index contributed by atoms with van der Waals surface area (Å²) in [6, 6.07) is 17.5. The van der Waals surface area contributed by atoms with E-state index in [1.54, 1.807) is 4.68 Å². The summed E-state index contributed by atoms with van der Waals surface area (Å²) in [5.41, 5.74) is 2.07. The molecule has 8 heteroatoms. The lowest BCUT2D eigenvalue weighted by atomic mass is 10.2. The lowest BCUT2D eigenvalue weighted by Gasteiger charge is -2.07. The lowest BCUT2D eigenvalue weighted by molar-refractivity contribution is -0.118. The predicted molar refractivity (Wildman–Crippen MR) is 113 cm³/mol. The van der Waals surface area contributed by atoms with E-state index in [-0.39, 0.29) is 5.91 Å². The van der Waals surface area contributed by atoms with Crippen LogP contribution in [0.1, 0.15) is 5.56 Å². The van der Waals surface area contributed by atoms with Crippen molar-refractivity contribution in [3.8, 4) is 11.4 Å². The third-order valence-electron chi connectivity index (χ3n) is 3.64. The third kappa shape index (κ3) is 5.66. The molecule has 0 radical (unpaired) electrons. The van der Waals surface area contributed by atoms with E-state index in [2.05, 4.69) is 10.4 Å². The maximum absolute atomic E-state index is 12.0. The van der Waals surface area contributed by atoms with Gasteiger partial charge in [0.15, 0.2) is 8.29 Å². The van der Waals surface area contributed by atoms with Crippen molar-refractivity contribution in [2.24, 2.45) is 0 Å². The van der Waals surface area contributed by atoms with Gasteiger partial charge in [-0.05, 0) is 42.9 Å². The average Bonchev–Trinajstić information content (AvgIpc) is 3.05. The molecular weight excluding hydrogens is 398 g/mol. The summed E-state index contributed by atoms with van der Waals surface area (Å²) in [6.07, 6.45) is 0. The zero-order valence-electron chi connectivity index (χ0n) is 14.8. The van der Waals surface area contributed by atoms with Crippen molar-refractivity contribution < 1.29 is 9.53 Å². The number of carbonyl (C=O) groups is 1. The number of aromatic nitrogens is 2. The van der Waals surface area contributed by atoms with Gasteiger partial charge in [-0.15, -0.1) is 5.10 Å². The number of para-hydroxylation sites is 2. The molecule has 2 aromatic carbocycles. The van der Waals surface area contributed by atoms with E-state index in [9.17, 15) is 4.79 Å². The van der Waals surface area contributed by atoms with Crippen LogP contribution < -0.4 is 10.1 Å². The number of hydrogen-bond acceptors (Lipinski definition) is 6. The van der Waals surface area contributed by atoms with Crippen molar-refractivity contribution in [2.45, 2.75) is 11.3 Å². The second-order valence-electron chi connectivity index (χ2n) is 5.63. The molecule has 1 N–H and O–H groups in total. The van der Waals surface area contributed by atoms with Crippen LogP contribution in [0.4, 0.5) is 0 Å². The van der Waals surface area contributed by atoms with E-state index in [1.165, 1.54) is 23.1 Å². The summed E-state index contributed by atoms with van der Waals surface area (Å²) < 4.78 is 8.75.